The molecular weight excluding hydrogens is 316 g/mol. The van der Waals surface area contributed by atoms with Crippen LogP contribution in [0, 0.1) is 0 Å². The van der Waals surface area contributed by atoms with E-state index in [9.17, 15) is 19.5 Å². The number of benzene rings is 1. The zero-order valence-electron chi connectivity index (χ0n) is 12.4. The van der Waals surface area contributed by atoms with Crippen molar-refractivity contribution in [2.45, 2.75) is 30.8 Å². The summed E-state index contributed by atoms with van der Waals surface area (Å²) < 4.78 is 0. The van der Waals surface area contributed by atoms with Gasteiger partial charge in [-0.15, -0.1) is 11.8 Å². The van der Waals surface area contributed by atoms with Gasteiger partial charge in [0.15, 0.2) is 0 Å². The van der Waals surface area contributed by atoms with Crippen molar-refractivity contribution in [3.8, 4) is 0 Å². The number of carbonyl (C=O) groups excluding carboxylic acids is 3. The van der Waals surface area contributed by atoms with Crippen LogP contribution in [0.2, 0.25) is 0 Å². The van der Waals surface area contributed by atoms with Crippen molar-refractivity contribution >= 4 is 29.5 Å². The summed E-state index contributed by atoms with van der Waals surface area (Å²) in [5.41, 5.74) is 1.42. The van der Waals surface area contributed by atoms with Crippen molar-refractivity contribution in [3.05, 3.63) is 46.9 Å². The van der Waals surface area contributed by atoms with Crippen molar-refractivity contribution in [2.75, 3.05) is 0 Å². The Hall–Kier alpha value is -2.28. The fourth-order valence-electron chi connectivity index (χ4n) is 2.80. The minimum Gasteiger partial charge on any atom is -0.548 e. The molecule has 1 unspecified atom stereocenters. The van der Waals surface area contributed by atoms with Crippen LogP contribution in [0.5, 0.6) is 0 Å². The van der Waals surface area contributed by atoms with E-state index in [4.69, 9.17) is 0 Å². The molecule has 0 saturated carbocycles. The van der Waals surface area contributed by atoms with Gasteiger partial charge in [0.05, 0.1) is 18.4 Å². The number of β-lactam (4-membered cyclic amide) rings is 1. The zero-order chi connectivity index (χ0) is 16.6. The van der Waals surface area contributed by atoms with Gasteiger partial charge in [-0.3, -0.25) is 9.59 Å². The van der Waals surface area contributed by atoms with Crippen LogP contribution >= 0.6 is 11.8 Å². The van der Waals surface area contributed by atoms with Crippen LogP contribution in [0.1, 0.15) is 12.5 Å². The Morgan fingerprint density at radius 1 is 1.30 bits per heavy atom. The summed E-state index contributed by atoms with van der Waals surface area (Å²) in [6.07, 6.45) is 0.181. The van der Waals surface area contributed by atoms with E-state index in [0.29, 0.717) is 5.57 Å². The molecule has 2 aliphatic heterocycles. The van der Waals surface area contributed by atoms with Gasteiger partial charge in [-0.25, -0.2) is 0 Å². The van der Waals surface area contributed by atoms with E-state index in [0.717, 1.165) is 5.56 Å². The Balaban J connectivity index is 1.66. The van der Waals surface area contributed by atoms with E-state index in [-0.39, 0.29) is 18.2 Å². The first-order valence-electron chi connectivity index (χ1n) is 7.17. The number of amides is 2. The van der Waals surface area contributed by atoms with Gasteiger partial charge < -0.3 is 20.1 Å². The van der Waals surface area contributed by atoms with E-state index in [1.54, 1.807) is 12.3 Å². The number of hydrogen-bond acceptors (Lipinski definition) is 5. The van der Waals surface area contributed by atoms with Crippen LogP contribution in [0.3, 0.4) is 0 Å². The number of nitrogens with one attached hydrogen (secondary N) is 1. The molecule has 1 fully saturated rings. The molecule has 0 spiro atoms. The average Bonchev–Trinajstić information content (AvgIpc) is 2.53. The molecule has 3 atom stereocenters. The Morgan fingerprint density at radius 3 is 2.65 bits per heavy atom. The number of thioether (sulfide) groups is 1. The summed E-state index contributed by atoms with van der Waals surface area (Å²) in [4.78, 5) is 36.8. The fourth-order valence-corrected chi connectivity index (χ4v) is 3.99. The van der Waals surface area contributed by atoms with E-state index in [1.807, 2.05) is 30.3 Å². The topological polar surface area (TPSA) is 89.5 Å². The van der Waals surface area contributed by atoms with Crippen LogP contribution in [0.25, 0.3) is 0 Å². The molecule has 0 aromatic heterocycles. The van der Waals surface area contributed by atoms with Crippen LogP contribution in [0.15, 0.2) is 41.3 Å². The van der Waals surface area contributed by atoms with E-state index in [2.05, 4.69) is 5.32 Å². The number of nitrogens with zero attached hydrogens (tertiary/aromatic N) is 1. The minimum absolute atomic E-state index is 0.181. The summed E-state index contributed by atoms with van der Waals surface area (Å²) >= 11 is 1.34. The van der Waals surface area contributed by atoms with Crippen molar-refractivity contribution < 1.29 is 19.5 Å². The molecule has 6 nitrogen and oxygen atoms in total. The van der Waals surface area contributed by atoms with E-state index >= 15 is 0 Å². The van der Waals surface area contributed by atoms with Crippen molar-refractivity contribution in [2.24, 2.45) is 0 Å². The molecular formula is C16H15N2O4S-. The highest BCUT2D eigenvalue weighted by Crippen LogP contribution is 2.39. The quantitative estimate of drug-likeness (QED) is 0.762. The summed E-state index contributed by atoms with van der Waals surface area (Å²) in [6, 6.07) is 7.48. The Bertz CT molecular complexity index is 689. The van der Waals surface area contributed by atoms with Gasteiger partial charge in [-0.1, -0.05) is 30.3 Å². The maximum absolute atomic E-state index is 12.2. The molecule has 0 aliphatic carbocycles. The standard InChI is InChI=1S/C16H16N2O4S/c1-9-8-23-15-12(14(20)18(15)13(9)16(21)22)17-11(19)7-10-5-3-2-4-6-10/h2-6,8,12-13,15H,7H2,1H3,(H,17,19)(H,21,22)/p-1/t12-,13?,15-/m1/s1. The van der Waals surface area contributed by atoms with Gasteiger partial charge in [-0.05, 0) is 23.5 Å². The molecule has 3 rings (SSSR count). The number of carbonyl (C=O) groups is 3. The van der Waals surface area contributed by atoms with Gasteiger partial charge in [0.25, 0.3) is 0 Å². The molecule has 1 aromatic rings. The van der Waals surface area contributed by atoms with Crippen LogP contribution in [-0.4, -0.2) is 40.1 Å². The van der Waals surface area contributed by atoms with Crippen molar-refractivity contribution in [1.82, 2.24) is 10.2 Å². The maximum Gasteiger partial charge on any atom is 0.250 e. The monoisotopic (exact) mass is 331 g/mol. The lowest BCUT2D eigenvalue weighted by atomic mass is 9.98. The predicted octanol–water partition coefficient (Wildman–Crippen LogP) is -0.349. The van der Waals surface area contributed by atoms with Gasteiger partial charge in [-0.2, -0.15) is 0 Å². The number of hydrogen-bond donors (Lipinski definition) is 1. The molecule has 0 bridgehead atoms. The minimum atomic E-state index is -1.30. The van der Waals surface area contributed by atoms with Crippen molar-refractivity contribution in [1.29, 1.82) is 0 Å². The molecule has 23 heavy (non-hydrogen) atoms. The number of fused-ring (bicyclic) bond motifs is 1. The molecule has 120 valence electrons. The first-order valence-corrected chi connectivity index (χ1v) is 8.12. The lowest BCUT2D eigenvalue weighted by Gasteiger charge is -2.52. The molecule has 0 radical (unpaired) electrons. The van der Waals surface area contributed by atoms with Gasteiger partial charge in [0, 0.05) is 0 Å². The summed E-state index contributed by atoms with van der Waals surface area (Å²) in [7, 11) is 0. The second-order valence-corrected chi connectivity index (χ2v) is 6.55. The highest BCUT2D eigenvalue weighted by molar-refractivity contribution is 8.02. The zero-order valence-corrected chi connectivity index (χ0v) is 13.2. The van der Waals surface area contributed by atoms with Gasteiger partial charge >= 0.3 is 0 Å². The van der Waals surface area contributed by atoms with Crippen molar-refractivity contribution in [3.63, 3.8) is 0 Å². The molecule has 2 heterocycles. The fraction of sp³-hybridized carbons (Fsp3) is 0.312. The molecule has 1 N–H and O–H groups in total. The van der Waals surface area contributed by atoms with Crippen LogP contribution in [0.4, 0.5) is 0 Å². The first-order chi connectivity index (χ1) is 11.0. The normalized spacial score (nSPS) is 26.0. The Kier molecular flexibility index (Phi) is 4.12. The Labute approximate surface area is 137 Å². The molecule has 2 aliphatic rings. The third-order valence-corrected chi connectivity index (χ3v) is 5.22. The molecule has 2 amide bonds. The average molecular weight is 331 g/mol. The third kappa shape index (κ3) is 2.84. The first kappa shape index (κ1) is 15.6. The second kappa shape index (κ2) is 6.08. The number of aliphatic carboxylic acids is 1. The second-order valence-electron chi connectivity index (χ2n) is 5.56. The highest BCUT2D eigenvalue weighted by Gasteiger charge is 2.53. The highest BCUT2D eigenvalue weighted by atomic mass is 32.2. The van der Waals surface area contributed by atoms with Crippen LogP contribution < -0.4 is 10.4 Å². The predicted molar refractivity (Wildman–Crippen MR) is 82.9 cm³/mol. The molecule has 1 aromatic carbocycles. The molecule has 7 heteroatoms. The largest absolute Gasteiger partial charge is 0.548 e. The van der Waals surface area contributed by atoms with Gasteiger partial charge in [0.1, 0.15) is 11.4 Å². The lowest BCUT2D eigenvalue weighted by molar-refractivity contribution is -0.310. The smallest absolute Gasteiger partial charge is 0.250 e. The van der Waals surface area contributed by atoms with Crippen LogP contribution in [-0.2, 0) is 20.8 Å². The third-order valence-electron chi connectivity index (χ3n) is 3.93. The number of carboxylic acid groups (broad SMARTS) is 1. The number of carboxylic acids is 1. The summed E-state index contributed by atoms with van der Waals surface area (Å²) in [6.45, 7) is 1.65. The van der Waals surface area contributed by atoms with E-state index in [1.165, 1.54) is 16.7 Å². The summed E-state index contributed by atoms with van der Waals surface area (Å²) in [5.74, 6) is -1.94. The summed E-state index contributed by atoms with van der Waals surface area (Å²) in [5, 5.41) is 15.2. The number of rotatable bonds is 4. The maximum atomic E-state index is 12.2. The lowest BCUT2D eigenvalue weighted by Crippen LogP contribution is -2.74. The molecule has 1 saturated heterocycles. The Morgan fingerprint density at radius 2 is 2.00 bits per heavy atom. The SMILES string of the molecule is CC1=CS[C@@H]2[C@H](NC(=O)Cc3ccccc3)C(=O)N2C1C(=O)[O-]. The van der Waals surface area contributed by atoms with Gasteiger partial charge in [0.2, 0.25) is 11.8 Å². The van der Waals surface area contributed by atoms with E-state index < -0.39 is 23.4 Å².